The van der Waals surface area contributed by atoms with E-state index in [9.17, 15) is 0 Å². The number of hydrogen-bond acceptors (Lipinski definition) is 1. The van der Waals surface area contributed by atoms with E-state index >= 15 is 0 Å². The van der Waals surface area contributed by atoms with Crippen LogP contribution in [0.4, 0.5) is 0 Å². The zero-order valence-electron chi connectivity index (χ0n) is 12.6. The number of rotatable bonds is 5. The van der Waals surface area contributed by atoms with Crippen molar-refractivity contribution >= 4 is 11.6 Å². The quantitative estimate of drug-likeness (QED) is 0.809. The van der Waals surface area contributed by atoms with Crippen LogP contribution in [0.15, 0.2) is 48.5 Å². The average Bonchev–Trinajstić information content (AvgIpc) is 3.29. The second-order valence-corrected chi connectivity index (χ2v) is 6.37. The largest absolute Gasteiger partial charge is 0.310 e. The lowest BCUT2D eigenvalue weighted by molar-refractivity contribution is 0.487. The van der Waals surface area contributed by atoms with E-state index in [4.69, 9.17) is 11.6 Å². The van der Waals surface area contributed by atoms with Gasteiger partial charge >= 0.3 is 0 Å². The van der Waals surface area contributed by atoms with Crippen molar-refractivity contribution in [2.75, 3.05) is 6.54 Å². The second kappa shape index (κ2) is 6.21. The molecular weight excluding hydrogens is 278 g/mol. The molecule has 0 amide bonds. The number of hydrogen-bond donors (Lipinski definition) is 1. The Balaban J connectivity index is 1.81. The van der Waals surface area contributed by atoms with Gasteiger partial charge in [-0.2, -0.15) is 0 Å². The lowest BCUT2D eigenvalue weighted by Gasteiger charge is -2.19. The van der Waals surface area contributed by atoms with Gasteiger partial charge in [-0.05, 0) is 54.5 Å². The first-order valence-corrected chi connectivity index (χ1v) is 8.13. The van der Waals surface area contributed by atoms with Crippen molar-refractivity contribution in [3.05, 3.63) is 70.2 Å². The summed E-state index contributed by atoms with van der Waals surface area (Å²) < 4.78 is 0. The molecule has 2 aromatic carbocycles. The van der Waals surface area contributed by atoms with Crippen LogP contribution in [-0.4, -0.2) is 6.54 Å². The first kappa shape index (κ1) is 14.6. The Kier molecular flexibility index (Phi) is 4.32. The highest BCUT2D eigenvalue weighted by Crippen LogP contribution is 2.54. The standard InChI is InChI=1S/C19H22ClN/c1-3-21-19(15-9-10-18(20)13(2)11-15)17-12-16(17)14-7-5-4-6-8-14/h4-11,16-17,19,21H,3,12H2,1-2H3. The van der Waals surface area contributed by atoms with Crippen molar-refractivity contribution in [3.63, 3.8) is 0 Å². The van der Waals surface area contributed by atoms with Gasteiger partial charge in [0.15, 0.2) is 0 Å². The number of aryl methyl sites for hydroxylation is 1. The Bertz CT molecular complexity index is 608. The molecule has 0 aromatic heterocycles. The zero-order valence-corrected chi connectivity index (χ0v) is 13.4. The Hall–Kier alpha value is -1.31. The maximum atomic E-state index is 6.16. The summed E-state index contributed by atoms with van der Waals surface area (Å²) in [5.41, 5.74) is 3.99. The fourth-order valence-corrected chi connectivity index (χ4v) is 3.38. The molecule has 0 bridgehead atoms. The molecule has 1 aliphatic rings. The molecule has 1 aliphatic carbocycles. The average molecular weight is 300 g/mol. The number of benzene rings is 2. The van der Waals surface area contributed by atoms with E-state index in [1.54, 1.807) is 0 Å². The molecule has 3 atom stereocenters. The van der Waals surface area contributed by atoms with E-state index in [1.807, 2.05) is 6.07 Å². The molecule has 2 aromatic rings. The smallest absolute Gasteiger partial charge is 0.0435 e. The van der Waals surface area contributed by atoms with E-state index in [0.717, 1.165) is 17.1 Å². The maximum absolute atomic E-state index is 6.16. The van der Waals surface area contributed by atoms with Crippen LogP contribution in [0.5, 0.6) is 0 Å². The molecule has 21 heavy (non-hydrogen) atoms. The third-order valence-electron chi connectivity index (χ3n) is 4.46. The van der Waals surface area contributed by atoms with Gasteiger partial charge in [-0.25, -0.2) is 0 Å². The van der Waals surface area contributed by atoms with E-state index < -0.39 is 0 Å². The van der Waals surface area contributed by atoms with E-state index in [2.05, 4.69) is 61.6 Å². The van der Waals surface area contributed by atoms with Crippen LogP contribution >= 0.6 is 11.6 Å². The lowest BCUT2D eigenvalue weighted by atomic mass is 9.97. The molecule has 1 fully saturated rings. The van der Waals surface area contributed by atoms with Crippen LogP contribution in [0, 0.1) is 12.8 Å². The molecule has 110 valence electrons. The highest BCUT2D eigenvalue weighted by molar-refractivity contribution is 6.31. The topological polar surface area (TPSA) is 12.0 Å². The fourth-order valence-electron chi connectivity index (χ4n) is 3.26. The summed E-state index contributed by atoms with van der Waals surface area (Å²) in [5, 5.41) is 4.52. The molecule has 0 aliphatic heterocycles. The molecule has 0 radical (unpaired) electrons. The van der Waals surface area contributed by atoms with Crippen LogP contribution in [0.1, 0.15) is 42.0 Å². The highest BCUT2D eigenvalue weighted by atomic mass is 35.5. The molecule has 3 rings (SSSR count). The fraction of sp³-hybridized carbons (Fsp3) is 0.368. The van der Waals surface area contributed by atoms with Gasteiger partial charge in [0.2, 0.25) is 0 Å². The SMILES string of the molecule is CCNC(c1ccc(Cl)c(C)c1)C1CC1c1ccccc1. The Morgan fingerprint density at radius 1 is 1.19 bits per heavy atom. The van der Waals surface area contributed by atoms with Crippen LogP contribution in [0.2, 0.25) is 5.02 Å². The summed E-state index contributed by atoms with van der Waals surface area (Å²) in [5.74, 6) is 1.37. The normalized spacial score (nSPS) is 22.0. The lowest BCUT2D eigenvalue weighted by Crippen LogP contribution is -2.23. The maximum Gasteiger partial charge on any atom is 0.0435 e. The molecule has 3 unspecified atom stereocenters. The van der Waals surface area contributed by atoms with Crippen LogP contribution in [0.3, 0.4) is 0 Å². The van der Waals surface area contributed by atoms with Gasteiger partial charge in [-0.15, -0.1) is 0 Å². The molecule has 0 spiro atoms. The van der Waals surface area contributed by atoms with E-state index in [0.29, 0.717) is 17.9 Å². The minimum absolute atomic E-state index is 0.427. The molecule has 0 saturated heterocycles. The predicted octanol–water partition coefficient (Wildman–Crippen LogP) is 5.10. The van der Waals surface area contributed by atoms with Gasteiger partial charge in [0.25, 0.3) is 0 Å². The van der Waals surface area contributed by atoms with Gasteiger partial charge in [-0.3, -0.25) is 0 Å². The van der Waals surface area contributed by atoms with Crippen LogP contribution < -0.4 is 5.32 Å². The summed E-state index contributed by atoms with van der Waals surface area (Å²) in [7, 11) is 0. The zero-order chi connectivity index (χ0) is 14.8. The molecule has 1 saturated carbocycles. The van der Waals surface area contributed by atoms with Crippen molar-refractivity contribution in [2.24, 2.45) is 5.92 Å². The first-order chi connectivity index (χ1) is 10.2. The van der Waals surface area contributed by atoms with Crippen molar-refractivity contribution in [2.45, 2.75) is 32.2 Å². The summed E-state index contributed by atoms with van der Waals surface area (Å²) in [4.78, 5) is 0. The Morgan fingerprint density at radius 2 is 1.95 bits per heavy atom. The minimum atomic E-state index is 0.427. The Labute approximate surface area is 132 Å². The number of nitrogens with one attached hydrogen (secondary N) is 1. The summed E-state index contributed by atoms with van der Waals surface area (Å²) in [6.45, 7) is 5.25. The molecule has 0 heterocycles. The molecule has 1 N–H and O–H groups in total. The van der Waals surface area contributed by atoms with Gasteiger partial charge in [-0.1, -0.05) is 61.0 Å². The minimum Gasteiger partial charge on any atom is -0.310 e. The third kappa shape index (κ3) is 3.14. The summed E-state index contributed by atoms with van der Waals surface area (Å²) >= 11 is 6.16. The van der Waals surface area contributed by atoms with Gasteiger partial charge in [0.1, 0.15) is 0 Å². The third-order valence-corrected chi connectivity index (χ3v) is 4.88. The molecule has 2 heteroatoms. The molecule has 1 nitrogen and oxygen atoms in total. The second-order valence-electron chi connectivity index (χ2n) is 5.96. The number of halogens is 1. The van der Waals surface area contributed by atoms with E-state index in [-0.39, 0.29) is 0 Å². The predicted molar refractivity (Wildman–Crippen MR) is 89.9 cm³/mol. The summed E-state index contributed by atoms with van der Waals surface area (Å²) in [6.07, 6.45) is 1.27. The van der Waals surface area contributed by atoms with Gasteiger partial charge in [0.05, 0.1) is 0 Å². The monoisotopic (exact) mass is 299 g/mol. The van der Waals surface area contributed by atoms with Crippen LogP contribution in [-0.2, 0) is 0 Å². The Morgan fingerprint density at radius 3 is 2.62 bits per heavy atom. The first-order valence-electron chi connectivity index (χ1n) is 7.75. The van der Waals surface area contributed by atoms with E-state index in [1.165, 1.54) is 17.5 Å². The van der Waals surface area contributed by atoms with Crippen molar-refractivity contribution in [1.82, 2.24) is 5.32 Å². The van der Waals surface area contributed by atoms with Crippen LogP contribution in [0.25, 0.3) is 0 Å². The van der Waals surface area contributed by atoms with Gasteiger partial charge < -0.3 is 5.32 Å². The van der Waals surface area contributed by atoms with Crippen molar-refractivity contribution in [3.8, 4) is 0 Å². The molecular formula is C19H22ClN. The highest BCUT2D eigenvalue weighted by Gasteiger charge is 2.43. The summed E-state index contributed by atoms with van der Waals surface area (Å²) in [6, 6.07) is 17.7. The van der Waals surface area contributed by atoms with Crippen molar-refractivity contribution < 1.29 is 0 Å². The van der Waals surface area contributed by atoms with Gasteiger partial charge in [0, 0.05) is 11.1 Å². The van der Waals surface area contributed by atoms with Crippen molar-refractivity contribution in [1.29, 1.82) is 0 Å².